The van der Waals surface area contributed by atoms with Crippen LogP contribution in [-0.2, 0) is 10.3 Å². The van der Waals surface area contributed by atoms with Crippen LogP contribution in [0.1, 0.15) is 33.3 Å². The first-order chi connectivity index (χ1) is 9.20. The third-order valence-corrected chi connectivity index (χ3v) is 2.91. The third kappa shape index (κ3) is 4.42. The number of alkyl carbamates (subject to hydrolysis) is 1. The molecular weight excluding hydrogens is 256 g/mol. The largest absolute Gasteiger partial charge is 0.497 e. The maximum Gasteiger partial charge on any atom is 0.408 e. The molecule has 0 aliphatic heterocycles. The topological polar surface area (TPSA) is 73.6 Å². The lowest BCUT2D eigenvalue weighted by Gasteiger charge is -2.31. The number of hydrogen-bond acceptors (Lipinski definition) is 4. The number of nitrogens with one attached hydrogen (secondary N) is 1. The van der Waals surface area contributed by atoms with Crippen molar-refractivity contribution in [1.82, 2.24) is 5.32 Å². The molecule has 1 unspecified atom stereocenters. The SMILES string of the molecule is COc1ccc(C(C)(CN)NC(=O)OC(C)(C)C)cc1. The van der Waals surface area contributed by atoms with Crippen molar-refractivity contribution in [3.8, 4) is 5.75 Å². The number of rotatable bonds is 4. The highest BCUT2D eigenvalue weighted by Gasteiger charge is 2.29. The monoisotopic (exact) mass is 280 g/mol. The number of methoxy groups -OCH3 is 1. The number of benzene rings is 1. The van der Waals surface area contributed by atoms with Crippen LogP contribution in [0.4, 0.5) is 4.79 Å². The Kier molecular flexibility index (Phi) is 5.00. The van der Waals surface area contributed by atoms with Crippen LogP contribution in [0.25, 0.3) is 0 Å². The van der Waals surface area contributed by atoms with Crippen molar-refractivity contribution in [2.45, 2.75) is 38.8 Å². The van der Waals surface area contributed by atoms with E-state index in [4.69, 9.17) is 15.2 Å². The number of nitrogens with two attached hydrogens (primary N) is 1. The molecular formula is C15H24N2O3. The molecule has 0 saturated carbocycles. The van der Waals surface area contributed by atoms with Crippen LogP contribution >= 0.6 is 0 Å². The fraction of sp³-hybridized carbons (Fsp3) is 0.533. The van der Waals surface area contributed by atoms with Crippen molar-refractivity contribution in [2.75, 3.05) is 13.7 Å². The molecule has 3 N–H and O–H groups in total. The highest BCUT2D eigenvalue weighted by molar-refractivity contribution is 5.69. The lowest BCUT2D eigenvalue weighted by molar-refractivity contribution is 0.0465. The minimum Gasteiger partial charge on any atom is -0.497 e. The van der Waals surface area contributed by atoms with E-state index in [1.807, 2.05) is 52.0 Å². The molecule has 1 rings (SSSR count). The van der Waals surface area contributed by atoms with E-state index >= 15 is 0 Å². The van der Waals surface area contributed by atoms with Gasteiger partial charge in [0.1, 0.15) is 11.4 Å². The van der Waals surface area contributed by atoms with Crippen LogP contribution in [0.5, 0.6) is 5.75 Å². The minimum atomic E-state index is -0.686. The smallest absolute Gasteiger partial charge is 0.408 e. The van der Waals surface area contributed by atoms with Crippen LogP contribution in [0, 0.1) is 0 Å². The quantitative estimate of drug-likeness (QED) is 0.888. The molecule has 1 atom stereocenters. The summed E-state index contributed by atoms with van der Waals surface area (Å²) >= 11 is 0. The number of ether oxygens (including phenoxy) is 2. The van der Waals surface area contributed by atoms with E-state index in [1.54, 1.807) is 7.11 Å². The van der Waals surface area contributed by atoms with Gasteiger partial charge in [0, 0.05) is 6.54 Å². The highest BCUT2D eigenvalue weighted by Crippen LogP contribution is 2.23. The van der Waals surface area contributed by atoms with E-state index < -0.39 is 17.2 Å². The van der Waals surface area contributed by atoms with Gasteiger partial charge in [-0.1, -0.05) is 12.1 Å². The lowest BCUT2D eigenvalue weighted by Crippen LogP contribution is -2.50. The number of amides is 1. The Morgan fingerprint density at radius 1 is 1.20 bits per heavy atom. The zero-order valence-corrected chi connectivity index (χ0v) is 12.8. The molecule has 0 aromatic heterocycles. The molecule has 0 radical (unpaired) electrons. The normalized spacial score (nSPS) is 14.3. The average molecular weight is 280 g/mol. The van der Waals surface area contributed by atoms with Gasteiger partial charge in [-0.2, -0.15) is 0 Å². The molecule has 5 heteroatoms. The van der Waals surface area contributed by atoms with E-state index in [1.165, 1.54) is 0 Å². The first-order valence-electron chi connectivity index (χ1n) is 6.56. The van der Waals surface area contributed by atoms with Gasteiger partial charge in [-0.15, -0.1) is 0 Å². The molecule has 1 amide bonds. The van der Waals surface area contributed by atoms with Crippen LogP contribution in [0.2, 0.25) is 0 Å². The van der Waals surface area contributed by atoms with Gasteiger partial charge in [0.15, 0.2) is 0 Å². The first kappa shape index (κ1) is 16.3. The molecule has 20 heavy (non-hydrogen) atoms. The standard InChI is InChI=1S/C15H24N2O3/c1-14(2,3)20-13(18)17-15(4,10-16)11-6-8-12(19-5)9-7-11/h6-9H,10,16H2,1-5H3,(H,17,18). The van der Waals surface area contributed by atoms with Gasteiger partial charge in [-0.25, -0.2) is 4.79 Å². The van der Waals surface area contributed by atoms with Gasteiger partial charge in [0.25, 0.3) is 0 Å². The van der Waals surface area contributed by atoms with Crippen LogP contribution in [0.3, 0.4) is 0 Å². The second-order valence-electron chi connectivity index (χ2n) is 5.89. The van der Waals surface area contributed by atoms with Crippen LogP contribution in [0.15, 0.2) is 24.3 Å². The highest BCUT2D eigenvalue weighted by atomic mass is 16.6. The molecule has 1 aromatic rings. The third-order valence-electron chi connectivity index (χ3n) is 2.91. The summed E-state index contributed by atoms with van der Waals surface area (Å²) in [5, 5.41) is 2.83. The van der Waals surface area contributed by atoms with Crippen molar-refractivity contribution < 1.29 is 14.3 Å². The fourth-order valence-corrected chi connectivity index (χ4v) is 1.73. The Bertz CT molecular complexity index is 451. The molecule has 5 nitrogen and oxygen atoms in total. The van der Waals surface area contributed by atoms with E-state index in [0.717, 1.165) is 11.3 Å². The average Bonchev–Trinajstić information content (AvgIpc) is 2.36. The molecule has 0 bridgehead atoms. The summed E-state index contributed by atoms with van der Waals surface area (Å²) in [7, 11) is 1.61. The summed E-state index contributed by atoms with van der Waals surface area (Å²) in [5.74, 6) is 0.755. The molecule has 0 fully saturated rings. The predicted octanol–water partition coefficient (Wildman–Crippen LogP) is 2.39. The maximum absolute atomic E-state index is 11.9. The van der Waals surface area contributed by atoms with Crippen LogP contribution < -0.4 is 15.8 Å². The van der Waals surface area contributed by atoms with Gasteiger partial charge in [-0.05, 0) is 45.4 Å². The predicted molar refractivity (Wildman–Crippen MR) is 78.8 cm³/mol. The van der Waals surface area contributed by atoms with Gasteiger partial charge in [0.05, 0.1) is 12.6 Å². The summed E-state index contributed by atoms with van der Waals surface area (Å²) in [4.78, 5) is 11.9. The second-order valence-corrected chi connectivity index (χ2v) is 5.89. The molecule has 0 aliphatic rings. The van der Waals surface area contributed by atoms with Crippen molar-refractivity contribution >= 4 is 6.09 Å². The Hall–Kier alpha value is -1.75. The summed E-state index contributed by atoms with van der Waals surface area (Å²) in [6.45, 7) is 7.58. The van der Waals surface area contributed by atoms with Crippen molar-refractivity contribution in [2.24, 2.45) is 5.73 Å². The van der Waals surface area contributed by atoms with E-state index in [-0.39, 0.29) is 6.54 Å². The van der Waals surface area contributed by atoms with Crippen molar-refractivity contribution in [1.29, 1.82) is 0 Å². The van der Waals surface area contributed by atoms with Gasteiger partial charge >= 0.3 is 6.09 Å². The summed E-state index contributed by atoms with van der Waals surface area (Å²) in [5.41, 5.74) is 5.49. The van der Waals surface area contributed by atoms with Crippen molar-refractivity contribution in [3.05, 3.63) is 29.8 Å². The Labute approximate surface area is 120 Å². The fourth-order valence-electron chi connectivity index (χ4n) is 1.73. The summed E-state index contributed by atoms with van der Waals surface area (Å²) in [6, 6.07) is 7.42. The summed E-state index contributed by atoms with van der Waals surface area (Å²) in [6.07, 6.45) is -0.485. The molecule has 112 valence electrons. The zero-order chi connectivity index (χ0) is 15.4. The van der Waals surface area contributed by atoms with Gasteiger partial charge in [-0.3, -0.25) is 0 Å². The molecule has 0 heterocycles. The number of carbonyl (C=O) groups is 1. The van der Waals surface area contributed by atoms with Crippen LogP contribution in [-0.4, -0.2) is 25.3 Å². The van der Waals surface area contributed by atoms with Gasteiger partial charge in [0.2, 0.25) is 0 Å². The molecule has 1 aromatic carbocycles. The second kappa shape index (κ2) is 6.13. The number of carbonyl (C=O) groups excluding carboxylic acids is 1. The zero-order valence-electron chi connectivity index (χ0n) is 12.8. The molecule has 0 saturated heterocycles. The maximum atomic E-state index is 11.9. The Balaban J connectivity index is 2.87. The van der Waals surface area contributed by atoms with E-state index in [0.29, 0.717) is 0 Å². The summed E-state index contributed by atoms with van der Waals surface area (Å²) < 4.78 is 10.4. The number of hydrogen-bond donors (Lipinski definition) is 2. The van der Waals surface area contributed by atoms with E-state index in [9.17, 15) is 4.79 Å². The molecule has 0 aliphatic carbocycles. The Morgan fingerprint density at radius 3 is 2.15 bits per heavy atom. The Morgan fingerprint density at radius 2 is 1.75 bits per heavy atom. The molecule has 0 spiro atoms. The van der Waals surface area contributed by atoms with E-state index in [2.05, 4.69) is 5.32 Å². The first-order valence-corrected chi connectivity index (χ1v) is 6.56. The van der Waals surface area contributed by atoms with Gasteiger partial charge < -0.3 is 20.5 Å². The lowest BCUT2D eigenvalue weighted by atomic mass is 9.92. The van der Waals surface area contributed by atoms with Crippen molar-refractivity contribution in [3.63, 3.8) is 0 Å². The minimum absolute atomic E-state index is 0.262.